The Bertz CT molecular complexity index is 810. The maximum absolute atomic E-state index is 13.2. The number of imidazole rings is 1. The molecule has 9 nitrogen and oxygen atoms in total. The number of aliphatic imine (C=N–C) groups is 1. The number of hydrazone groups is 1. The molecule has 0 radical (unpaired) electrons. The van der Waals surface area contributed by atoms with Crippen LogP contribution in [0.25, 0.3) is 5.82 Å². The average Bonchev–Trinajstić information content (AvgIpc) is 3.38. The Morgan fingerprint density at radius 1 is 1.34 bits per heavy atom. The van der Waals surface area contributed by atoms with Gasteiger partial charge in [-0.1, -0.05) is 0 Å². The number of nitrogens with one attached hydrogen (secondary N) is 2. The van der Waals surface area contributed by atoms with Crippen molar-refractivity contribution in [2.45, 2.75) is 50.3 Å². The summed E-state index contributed by atoms with van der Waals surface area (Å²) in [5.74, 6) is 0.480. The summed E-state index contributed by atoms with van der Waals surface area (Å²) < 4.78 is 12.7. The van der Waals surface area contributed by atoms with E-state index >= 15 is 0 Å². The summed E-state index contributed by atoms with van der Waals surface area (Å²) in [6.07, 6.45) is 12.9. The third kappa shape index (κ3) is 4.11. The highest BCUT2D eigenvalue weighted by Crippen LogP contribution is 2.31. The minimum absolute atomic E-state index is 0.0527. The third-order valence-corrected chi connectivity index (χ3v) is 5.88. The number of carbonyl (C=O) groups excluding carboxylic acids is 1. The molecule has 1 aromatic rings. The molecule has 0 saturated heterocycles. The number of hydrogen-bond donors (Lipinski definition) is 2. The van der Waals surface area contributed by atoms with Gasteiger partial charge in [0.25, 0.3) is 5.91 Å². The molecule has 0 bridgehead atoms. The van der Waals surface area contributed by atoms with E-state index < -0.39 is 5.54 Å². The van der Waals surface area contributed by atoms with Crippen LogP contribution in [0.3, 0.4) is 0 Å². The smallest absolute Gasteiger partial charge is 0.268 e. The van der Waals surface area contributed by atoms with Crippen molar-refractivity contribution >= 4 is 23.7 Å². The molecule has 4 rings (SSSR count). The largest absolute Gasteiger partial charge is 0.382 e. The Kier molecular flexibility index (Phi) is 5.77. The molecule has 1 aromatic heterocycles. The maximum atomic E-state index is 13.2. The molecule has 2 unspecified atom stereocenters. The second kappa shape index (κ2) is 8.46. The lowest BCUT2D eigenvalue weighted by Gasteiger charge is -2.35. The lowest BCUT2D eigenvalue weighted by molar-refractivity contribution is -0.116. The highest BCUT2D eigenvalue weighted by atomic mass is 16.5. The monoisotopic (exact) mass is 400 g/mol. The predicted molar refractivity (Wildman–Crippen MR) is 109 cm³/mol. The fourth-order valence-electron chi connectivity index (χ4n) is 4.08. The van der Waals surface area contributed by atoms with Gasteiger partial charge in [0.05, 0.1) is 19.3 Å². The lowest BCUT2D eigenvalue weighted by Crippen LogP contribution is -2.57. The molecule has 3 aliphatic rings. The number of ether oxygens (including phenoxy) is 2. The zero-order valence-electron chi connectivity index (χ0n) is 16.9. The van der Waals surface area contributed by atoms with Gasteiger partial charge >= 0.3 is 0 Å². The van der Waals surface area contributed by atoms with Gasteiger partial charge in [-0.25, -0.2) is 9.98 Å². The normalized spacial score (nSPS) is 30.9. The molecular weight excluding hydrogens is 372 g/mol. The van der Waals surface area contributed by atoms with Gasteiger partial charge in [0, 0.05) is 37.7 Å². The molecule has 2 N–H and O–H groups in total. The summed E-state index contributed by atoms with van der Waals surface area (Å²) in [4.78, 5) is 21.9. The standard InChI is InChI=1S/C20H28N6O3/c1-20-14(12-22-25-20)11-17(26-8-7-21-13-26)24-18(20)19(27)23-15-3-5-16(6-4-15)29-10-9-28-2/h7-8,11-16,25H,3-6,9-10H2,1-2H3,(H,23,27). The molecular formula is C20H28N6O3. The number of methoxy groups -OCH3 is 1. The van der Waals surface area contributed by atoms with Gasteiger partial charge < -0.3 is 14.8 Å². The van der Waals surface area contributed by atoms with Gasteiger partial charge in [0.2, 0.25) is 0 Å². The van der Waals surface area contributed by atoms with E-state index in [0.717, 1.165) is 25.7 Å². The Morgan fingerprint density at radius 3 is 2.90 bits per heavy atom. The molecule has 1 aliphatic carbocycles. The molecule has 2 aliphatic heterocycles. The van der Waals surface area contributed by atoms with Crippen molar-refractivity contribution in [2.75, 3.05) is 20.3 Å². The highest BCUT2D eigenvalue weighted by molar-refractivity contribution is 6.44. The Morgan fingerprint density at radius 2 is 2.17 bits per heavy atom. The van der Waals surface area contributed by atoms with Crippen molar-refractivity contribution in [1.29, 1.82) is 0 Å². The quantitative estimate of drug-likeness (QED) is 0.670. The van der Waals surface area contributed by atoms with Crippen LogP contribution in [0.2, 0.25) is 0 Å². The summed E-state index contributed by atoms with van der Waals surface area (Å²) >= 11 is 0. The van der Waals surface area contributed by atoms with E-state index in [9.17, 15) is 4.79 Å². The van der Waals surface area contributed by atoms with Gasteiger partial charge in [-0.15, -0.1) is 0 Å². The van der Waals surface area contributed by atoms with Crippen molar-refractivity contribution in [2.24, 2.45) is 16.0 Å². The molecule has 0 aromatic carbocycles. The summed E-state index contributed by atoms with van der Waals surface area (Å²) in [5, 5.41) is 7.39. The van der Waals surface area contributed by atoms with Crippen LogP contribution in [0, 0.1) is 5.92 Å². The Labute approximate surface area is 170 Å². The van der Waals surface area contributed by atoms with Crippen molar-refractivity contribution in [3.8, 4) is 0 Å². The molecule has 0 spiro atoms. The van der Waals surface area contributed by atoms with E-state index in [1.807, 2.05) is 30.0 Å². The molecule has 1 fully saturated rings. The van der Waals surface area contributed by atoms with Crippen molar-refractivity contribution in [3.05, 3.63) is 24.8 Å². The first-order chi connectivity index (χ1) is 14.1. The number of hydrogen-bond acceptors (Lipinski definition) is 7. The second-order valence-corrected chi connectivity index (χ2v) is 7.88. The molecule has 2 atom stereocenters. The zero-order chi connectivity index (χ0) is 20.3. The van der Waals surface area contributed by atoms with Crippen LogP contribution in [-0.2, 0) is 14.3 Å². The third-order valence-electron chi connectivity index (χ3n) is 5.88. The van der Waals surface area contributed by atoms with Gasteiger partial charge in [-0.2, -0.15) is 5.10 Å². The molecule has 156 valence electrons. The fourth-order valence-corrected chi connectivity index (χ4v) is 4.08. The number of amides is 1. The first kappa shape index (κ1) is 19.8. The Balaban J connectivity index is 1.42. The first-order valence-corrected chi connectivity index (χ1v) is 10.1. The SMILES string of the molecule is COCCOC1CCC(NC(=O)C2=NC(n3ccnc3)=CC3C=NNC23C)CC1. The average molecular weight is 400 g/mol. The van der Waals surface area contributed by atoms with Crippen LogP contribution in [0.15, 0.2) is 34.9 Å². The number of aromatic nitrogens is 2. The molecule has 3 heterocycles. The topological polar surface area (TPSA) is 102 Å². The summed E-state index contributed by atoms with van der Waals surface area (Å²) in [6, 6.07) is 0.124. The van der Waals surface area contributed by atoms with Crippen molar-refractivity contribution in [1.82, 2.24) is 20.3 Å². The van der Waals surface area contributed by atoms with E-state index in [0.29, 0.717) is 24.7 Å². The van der Waals surface area contributed by atoms with E-state index in [1.54, 1.807) is 19.6 Å². The minimum Gasteiger partial charge on any atom is -0.382 e. The number of carbonyl (C=O) groups is 1. The van der Waals surface area contributed by atoms with Crippen LogP contribution in [-0.4, -0.2) is 65.4 Å². The number of fused-ring (bicyclic) bond motifs is 1. The maximum Gasteiger partial charge on any atom is 0.268 e. The molecule has 9 heteroatoms. The Hall–Kier alpha value is -2.52. The summed E-state index contributed by atoms with van der Waals surface area (Å²) in [6.45, 7) is 3.19. The molecule has 1 saturated carbocycles. The van der Waals surface area contributed by atoms with Crippen molar-refractivity contribution < 1.29 is 14.3 Å². The van der Waals surface area contributed by atoms with Crippen LogP contribution in [0.4, 0.5) is 0 Å². The number of nitrogens with zero attached hydrogens (tertiary/aromatic N) is 4. The molecule has 29 heavy (non-hydrogen) atoms. The van der Waals surface area contributed by atoms with Gasteiger partial charge in [-0.05, 0) is 38.7 Å². The van der Waals surface area contributed by atoms with Crippen LogP contribution in [0.5, 0.6) is 0 Å². The predicted octanol–water partition coefficient (Wildman–Crippen LogP) is 1.19. The molecule has 1 amide bonds. The lowest BCUT2D eigenvalue weighted by atomic mass is 9.80. The van der Waals surface area contributed by atoms with Gasteiger partial charge in [-0.3, -0.25) is 14.8 Å². The second-order valence-electron chi connectivity index (χ2n) is 7.88. The van der Waals surface area contributed by atoms with E-state index in [4.69, 9.17) is 9.47 Å². The van der Waals surface area contributed by atoms with Gasteiger partial charge in [0.1, 0.15) is 23.4 Å². The van der Waals surface area contributed by atoms with Crippen molar-refractivity contribution in [3.63, 3.8) is 0 Å². The minimum atomic E-state index is -0.644. The van der Waals surface area contributed by atoms with Crippen LogP contribution < -0.4 is 10.7 Å². The fraction of sp³-hybridized carbons (Fsp3) is 0.600. The van der Waals surface area contributed by atoms with E-state index in [2.05, 4.69) is 25.8 Å². The van der Waals surface area contributed by atoms with Gasteiger partial charge in [0.15, 0.2) is 0 Å². The summed E-state index contributed by atoms with van der Waals surface area (Å²) in [5.41, 5.74) is 2.89. The first-order valence-electron chi connectivity index (χ1n) is 10.1. The van der Waals surface area contributed by atoms with E-state index in [-0.39, 0.29) is 24.0 Å². The van der Waals surface area contributed by atoms with Crippen LogP contribution >= 0.6 is 0 Å². The number of rotatable bonds is 7. The van der Waals surface area contributed by atoms with Crippen LogP contribution in [0.1, 0.15) is 32.6 Å². The summed E-state index contributed by atoms with van der Waals surface area (Å²) in [7, 11) is 1.67. The van der Waals surface area contributed by atoms with E-state index in [1.165, 1.54) is 0 Å². The zero-order valence-corrected chi connectivity index (χ0v) is 16.9. The highest BCUT2D eigenvalue weighted by Gasteiger charge is 2.46.